The van der Waals surface area contributed by atoms with Gasteiger partial charge in [-0.3, -0.25) is 9.80 Å². The minimum absolute atomic E-state index is 0.0638. The van der Waals surface area contributed by atoms with E-state index >= 15 is 0 Å². The molecule has 2 aromatic carbocycles. The van der Waals surface area contributed by atoms with Gasteiger partial charge in [-0.25, -0.2) is 5.01 Å². The lowest BCUT2D eigenvalue weighted by Crippen LogP contribution is -2.46. The Balaban J connectivity index is 2.05. The molecule has 1 heterocycles. The van der Waals surface area contributed by atoms with Crippen LogP contribution in [0.25, 0.3) is 0 Å². The van der Waals surface area contributed by atoms with Gasteiger partial charge in [0.05, 0.1) is 11.4 Å². The van der Waals surface area contributed by atoms with Crippen molar-refractivity contribution in [2.45, 2.75) is 13.3 Å². The average Bonchev–Trinajstić information content (AvgIpc) is 2.54. The zero-order valence-corrected chi connectivity index (χ0v) is 12.1. The van der Waals surface area contributed by atoms with Crippen molar-refractivity contribution in [2.75, 3.05) is 11.6 Å². The van der Waals surface area contributed by atoms with Crippen LogP contribution in [0, 0.1) is 0 Å². The van der Waals surface area contributed by atoms with E-state index in [0.29, 0.717) is 6.54 Å². The molecule has 0 N–H and O–H groups in total. The van der Waals surface area contributed by atoms with E-state index in [1.165, 1.54) is 0 Å². The SMILES string of the molecule is CC1=CCCN(N(c2ccccc2)c2ccccc2)C1=O. The van der Waals surface area contributed by atoms with Gasteiger partial charge in [-0.2, -0.15) is 0 Å². The quantitative estimate of drug-likeness (QED) is 0.849. The third kappa shape index (κ3) is 2.68. The number of benzene rings is 2. The molecule has 0 atom stereocenters. The Kier molecular flexibility index (Phi) is 3.73. The summed E-state index contributed by atoms with van der Waals surface area (Å²) < 4.78 is 0. The summed E-state index contributed by atoms with van der Waals surface area (Å²) >= 11 is 0. The molecule has 21 heavy (non-hydrogen) atoms. The van der Waals surface area contributed by atoms with Crippen molar-refractivity contribution >= 4 is 17.3 Å². The molecule has 0 fully saturated rings. The largest absolute Gasteiger partial charge is 0.268 e. The van der Waals surface area contributed by atoms with Gasteiger partial charge in [0, 0.05) is 12.1 Å². The van der Waals surface area contributed by atoms with E-state index < -0.39 is 0 Å². The van der Waals surface area contributed by atoms with Gasteiger partial charge >= 0.3 is 0 Å². The topological polar surface area (TPSA) is 23.6 Å². The molecule has 1 amide bonds. The third-order valence-electron chi connectivity index (χ3n) is 3.61. The summed E-state index contributed by atoms with van der Waals surface area (Å²) in [7, 11) is 0. The van der Waals surface area contributed by atoms with E-state index in [1.54, 1.807) is 0 Å². The highest BCUT2D eigenvalue weighted by Crippen LogP contribution is 2.29. The molecule has 0 bridgehead atoms. The van der Waals surface area contributed by atoms with Gasteiger partial charge in [0.1, 0.15) is 0 Å². The lowest BCUT2D eigenvalue weighted by Gasteiger charge is -2.38. The molecular formula is C18H18N2O. The first-order valence-electron chi connectivity index (χ1n) is 7.16. The summed E-state index contributed by atoms with van der Waals surface area (Å²) in [6.07, 6.45) is 2.89. The first-order chi connectivity index (χ1) is 10.3. The number of carbonyl (C=O) groups excluding carboxylic acids is 1. The van der Waals surface area contributed by atoms with Gasteiger partial charge < -0.3 is 0 Å². The standard InChI is InChI=1S/C18H18N2O/c1-15-9-8-14-19(18(15)21)20(16-10-4-2-5-11-16)17-12-6-3-7-13-17/h2-7,9-13H,8,14H2,1H3. The van der Waals surface area contributed by atoms with Crippen molar-refractivity contribution < 1.29 is 4.79 Å². The Labute approximate surface area is 125 Å². The second-order valence-corrected chi connectivity index (χ2v) is 5.09. The van der Waals surface area contributed by atoms with E-state index in [-0.39, 0.29) is 5.91 Å². The molecule has 1 aliphatic rings. The Morgan fingerprint density at radius 2 is 1.43 bits per heavy atom. The minimum atomic E-state index is 0.0638. The smallest absolute Gasteiger partial charge is 0.268 e. The molecular weight excluding hydrogens is 260 g/mol. The van der Waals surface area contributed by atoms with Gasteiger partial charge in [-0.15, -0.1) is 0 Å². The van der Waals surface area contributed by atoms with Crippen molar-refractivity contribution in [3.8, 4) is 0 Å². The van der Waals surface area contributed by atoms with Crippen LogP contribution in [-0.2, 0) is 4.79 Å². The van der Waals surface area contributed by atoms with E-state index in [0.717, 1.165) is 23.4 Å². The first kappa shape index (κ1) is 13.4. The molecule has 2 aromatic rings. The summed E-state index contributed by atoms with van der Waals surface area (Å²) in [4.78, 5) is 12.5. The minimum Gasteiger partial charge on any atom is -0.268 e. The van der Waals surface area contributed by atoms with Crippen LogP contribution in [0.1, 0.15) is 13.3 Å². The maximum Gasteiger partial charge on any atom is 0.268 e. The molecule has 106 valence electrons. The van der Waals surface area contributed by atoms with Crippen LogP contribution in [0.15, 0.2) is 72.3 Å². The number of para-hydroxylation sites is 2. The Bertz CT molecular complexity index is 610. The second-order valence-electron chi connectivity index (χ2n) is 5.09. The van der Waals surface area contributed by atoms with Crippen molar-refractivity contribution in [1.82, 2.24) is 5.01 Å². The monoisotopic (exact) mass is 278 g/mol. The van der Waals surface area contributed by atoms with E-state index in [9.17, 15) is 4.79 Å². The zero-order chi connectivity index (χ0) is 14.7. The molecule has 3 nitrogen and oxygen atoms in total. The zero-order valence-electron chi connectivity index (χ0n) is 12.1. The van der Waals surface area contributed by atoms with Crippen LogP contribution in [0.2, 0.25) is 0 Å². The van der Waals surface area contributed by atoms with Gasteiger partial charge in [0.2, 0.25) is 0 Å². The molecule has 3 heteroatoms. The molecule has 0 saturated carbocycles. The van der Waals surface area contributed by atoms with Crippen molar-refractivity contribution in [3.05, 3.63) is 72.3 Å². The van der Waals surface area contributed by atoms with Crippen molar-refractivity contribution in [1.29, 1.82) is 0 Å². The van der Waals surface area contributed by atoms with Crippen molar-refractivity contribution in [2.24, 2.45) is 0 Å². The Morgan fingerprint density at radius 3 is 1.95 bits per heavy atom. The Hall–Kier alpha value is -2.55. The number of amides is 1. The van der Waals surface area contributed by atoms with E-state index in [4.69, 9.17) is 0 Å². The summed E-state index contributed by atoms with van der Waals surface area (Å²) in [5.41, 5.74) is 2.79. The van der Waals surface area contributed by atoms with Gasteiger partial charge in [-0.1, -0.05) is 42.5 Å². The average molecular weight is 278 g/mol. The lowest BCUT2D eigenvalue weighted by molar-refractivity contribution is -0.127. The molecule has 0 aliphatic carbocycles. The van der Waals surface area contributed by atoms with Gasteiger partial charge in [0.25, 0.3) is 5.91 Å². The number of anilines is 2. The highest BCUT2D eigenvalue weighted by atomic mass is 16.2. The second kappa shape index (κ2) is 5.83. The van der Waals surface area contributed by atoms with E-state index in [2.05, 4.69) is 0 Å². The number of rotatable bonds is 3. The maximum absolute atomic E-state index is 12.5. The van der Waals surface area contributed by atoms with Crippen LogP contribution < -0.4 is 5.01 Å². The summed E-state index contributed by atoms with van der Waals surface area (Å²) in [6.45, 7) is 2.57. The maximum atomic E-state index is 12.5. The molecule has 0 spiro atoms. The highest BCUT2D eigenvalue weighted by Gasteiger charge is 2.26. The lowest BCUT2D eigenvalue weighted by atomic mass is 10.1. The third-order valence-corrected chi connectivity index (χ3v) is 3.61. The molecule has 0 unspecified atom stereocenters. The predicted octanol–water partition coefficient (Wildman–Crippen LogP) is 3.92. The van der Waals surface area contributed by atoms with Crippen LogP contribution in [0.5, 0.6) is 0 Å². The predicted molar refractivity (Wildman–Crippen MR) is 85.1 cm³/mol. The first-order valence-corrected chi connectivity index (χ1v) is 7.16. The van der Waals surface area contributed by atoms with Gasteiger partial charge in [-0.05, 0) is 37.6 Å². The fraction of sp³-hybridized carbons (Fsp3) is 0.167. The summed E-state index contributed by atoms with van der Waals surface area (Å²) in [5, 5.41) is 3.82. The highest BCUT2D eigenvalue weighted by molar-refractivity contribution is 5.95. The summed E-state index contributed by atoms with van der Waals surface area (Å²) in [5.74, 6) is 0.0638. The molecule has 0 aromatic heterocycles. The molecule has 3 rings (SSSR count). The van der Waals surface area contributed by atoms with Crippen LogP contribution in [-0.4, -0.2) is 17.5 Å². The van der Waals surface area contributed by atoms with Crippen LogP contribution in [0.4, 0.5) is 11.4 Å². The Morgan fingerprint density at radius 1 is 0.905 bits per heavy atom. The number of nitrogens with zero attached hydrogens (tertiary/aromatic N) is 2. The van der Waals surface area contributed by atoms with E-state index in [1.807, 2.05) is 83.7 Å². The van der Waals surface area contributed by atoms with Crippen molar-refractivity contribution in [3.63, 3.8) is 0 Å². The number of hydrogen-bond donors (Lipinski definition) is 0. The number of hydrogen-bond acceptors (Lipinski definition) is 2. The van der Waals surface area contributed by atoms with Crippen LogP contribution >= 0.6 is 0 Å². The molecule has 0 saturated heterocycles. The number of carbonyl (C=O) groups is 1. The molecule has 1 aliphatic heterocycles. The summed E-state index contributed by atoms with van der Waals surface area (Å²) in [6, 6.07) is 20.0. The number of hydrazine groups is 1. The fourth-order valence-electron chi connectivity index (χ4n) is 2.55. The van der Waals surface area contributed by atoms with Crippen LogP contribution in [0.3, 0.4) is 0 Å². The van der Waals surface area contributed by atoms with Gasteiger partial charge in [0.15, 0.2) is 0 Å². The molecule has 0 radical (unpaired) electrons. The normalized spacial score (nSPS) is 14.8. The fourth-order valence-corrected chi connectivity index (χ4v) is 2.55.